The van der Waals surface area contributed by atoms with E-state index in [1.807, 2.05) is 19.1 Å². The van der Waals surface area contributed by atoms with E-state index in [1.165, 1.54) is 0 Å². The van der Waals surface area contributed by atoms with Gasteiger partial charge in [-0.15, -0.1) is 0 Å². The Morgan fingerprint density at radius 3 is 2.69 bits per heavy atom. The lowest BCUT2D eigenvalue weighted by Crippen LogP contribution is -2.09. The molecule has 0 saturated carbocycles. The number of hydrogen-bond acceptors (Lipinski definition) is 2. The van der Waals surface area contributed by atoms with Gasteiger partial charge in [0, 0.05) is 4.90 Å². The molecule has 0 radical (unpaired) electrons. The first-order valence-corrected chi connectivity index (χ1v) is 4.58. The zero-order valence-electron chi connectivity index (χ0n) is 7.03. The normalized spacial score (nSPS) is 12.5. The highest BCUT2D eigenvalue weighted by atomic mass is 32.2. The third kappa shape index (κ3) is 2.73. The van der Waals surface area contributed by atoms with E-state index in [1.54, 1.807) is 12.1 Å². The van der Waals surface area contributed by atoms with E-state index < -0.39 is 11.5 Å². The second-order valence-electron chi connectivity index (χ2n) is 2.54. The van der Waals surface area contributed by atoms with Crippen LogP contribution in [0, 0.1) is 6.92 Å². The molecule has 0 saturated heterocycles. The van der Waals surface area contributed by atoms with Crippen molar-refractivity contribution in [1.82, 2.24) is 0 Å². The molecular formula is C9H9FO2S. The number of aryl methyl sites for hydroxylation is 1. The summed E-state index contributed by atoms with van der Waals surface area (Å²) in [7, 11) is 0. The molecule has 1 N–H and O–H groups in total. The van der Waals surface area contributed by atoms with Crippen LogP contribution in [-0.2, 0) is 4.79 Å². The number of benzene rings is 1. The summed E-state index contributed by atoms with van der Waals surface area (Å²) in [5.41, 5.74) is -1.00. The van der Waals surface area contributed by atoms with Crippen molar-refractivity contribution >= 4 is 17.7 Å². The number of rotatable bonds is 3. The second-order valence-corrected chi connectivity index (χ2v) is 3.63. The molecule has 0 aliphatic rings. The van der Waals surface area contributed by atoms with Crippen molar-refractivity contribution in [2.24, 2.45) is 0 Å². The Hall–Kier alpha value is -1.03. The molecule has 1 rings (SSSR count). The summed E-state index contributed by atoms with van der Waals surface area (Å²) in [5, 5.41) is 8.34. The average molecular weight is 200 g/mol. The molecule has 1 unspecified atom stereocenters. The van der Waals surface area contributed by atoms with Crippen molar-refractivity contribution in [3.05, 3.63) is 29.8 Å². The maximum absolute atomic E-state index is 12.8. The number of carboxylic acid groups (broad SMARTS) is 1. The van der Waals surface area contributed by atoms with Gasteiger partial charge in [-0.05, 0) is 18.6 Å². The van der Waals surface area contributed by atoms with E-state index in [-0.39, 0.29) is 0 Å². The highest BCUT2D eigenvalue weighted by Gasteiger charge is 2.17. The molecule has 13 heavy (non-hydrogen) atoms. The van der Waals surface area contributed by atoms with Crippen LogP contribution in [0.2, 0.25) is 0 Å². The minimum absolute atomic E-state index is 0.664. The standard InChI is InChI=1S/C9H9FO2S/c1-6-4-2-3-5-7(6)13-8(10)9(11)12/h2-5,8H,1H3,(H,11,12). The van der Waals surface area contributed by atoms with Crippen LogP contribution in [-0.4, -0.2) is 16.6 Å². The first-order valence-electron chi connectivity index (χ1n) is 3.70. The van der Waals surface area contributed by atoms with E-state index in [4.69, 9.17) is 5.11 Å². The molecule has 0 aliphatic carbocycles. The number of carboxylic acids is 1. The van der Waals surface area contributed by atoms with E-state index in [9.17, 15) is 9.18 Å². The zero-order valence-corrected chi connectivity index (χ0v) is 7.84. The summed E-state index contributed by atoms with van der Waals surface area (Å²) in [6.45, 7) is 1.82. The van der Waals surface area contributed by atoms with Crippen LogP contribution in [0.5, 0.6) is 0 Å². The van der Waals surface area contributed by atoms with Gasteiger partial charge in [0.15, 0.2) is 0 Å². The van der Waals surface area contributed by atoms with Gasteiger partial charge in [0.1, 0.15) is 0 Å². The van der Waals surface area contributed by atoms with Crippen molar-refractivity contribution in [2.45, 2.75) is 17.3 Å². The number of halogens is 1. The summed E-state index contributed by atoms with van der Waals surface area (Å²) in [4.78, 5) is 10.9. The Morgan fingerprint density at radius 2 is 2.15 bits per heavy atom. The maximum atomic E-state index is 12.8. The molecule has 4 heteroatoms. The Labute approximate surface area is 79.8 Å². The molecule has 0 heterocycles. The number of carbonyl (C=O) groups is 1. The van der Waals surface area contributed by atoms with Gasteiger partial charge in [0.05, 0.1) is 0 Å². The lowest BCUT2D eigenvalue weighted by molar-refractivity contribution is -0.139. The third-order valence-corrected chi connectivity index (χ3v) is 2.64. The number of hydrogen-bond donors (Lipinski definition) is 1. The van der Waals surface area contributed by atoms with Crippen molar-refractivity contribution in [2.75, 3.05) is 0 Å². The second kappa shape index (κ2) is 4.28. The molecular weight excluding hydrogens is 191 g/mol. The quantitative estimate of drug-likeness (QED) is 0.761. The average Bonchev–Trinajstić information content (AvgIpc) is 2.08. The SMILES string of the molecule is Cc1ccccc1SC(F)C(=O)O. The van der Waals surface area contributed by atoms with Crippen molar-refractivity contribution in [1.29, 1.82) is 0 Å². The first-order chi connectivity index (χ1) is 6.11. The molecule has 0 aromatic heterocycles. The molecule has 0 bridgehead atoms. The summed E-state index contributed by atoms with van der Waals surface area (Å²) < 4.78 is 12.8. The van der Waals surface area contributed by atoms with E-state index in [2.05, 4.69) is 0 Å². The summed E-state index contributed by atoms with van der Waals surface area (Å²) in [6.07, 6.45) is 0. The summed E-state index contributed by atoms with van der Waals surface area (Å²) >= 11 is 0.712. The van der Waals surface area contributed by atoms with Crippen molar-refractivity contribution < 1.29 is 14.3 Å². The van der Waals surface area contributed by atoms with Gasteiger partial charge in [-0.1, -0.05) is 30.0 Å². The number of thioether (sulfide) groups is 1. The fraction of sp³-hybridized carbons (Fsp3) is 0.222. The van der Waals surface area contributed by atoms with Crippen LogP contribution in [0.3, 0.4) is 0 Å². The number of alkyl halides is 1. The van der Waals surface area contributed by atoms with Gasteiger partial charge in [-0.25, -0.2) is 9.18 Å². The zero-order chi connectivity index (χ0) is 9.84. The van der Waals surface area contributed by atoms with Crippen LogP contribution in [0.4, 0.5) is 4.39 Å². The molecule has 70 valence electrons. The summed E-state index contributed by atoms with van der Waals surface area (Å²) in [5.74, 6) is -1.44. The third-order valence-electron chi connectivity index (χ3n) is 1.52. The van der Waals surface area contributed by atoms with Crippen LogP contribution in [0.15, 0.2) is 29.2 Å². The summed E-state index contributed by atoms with van der Waals surface area (Å²) in [6, 6.07) is 7.10. The van der Waals surface area contributed by atoms with Gasteiger partial charge in [-0.2, -0.15) is 0 Å². The highest BCUT2D eigenvalue weighted by Crippen LogP contribution is 2.26. The monoisotopic (exact) mass is 200 g/mol. The molecule has 0 fully saturated rings. The largest absolute Gasteiger partial charge is 0.478 e. The molecule has 0 aliphatic heterocycles. The van der Waals surface area contributed by atoms with E-state index in [0.29, 0.717) is 16.7 Å². The van der Waals surface area contributed by atoms with Gasteiger partial charge >= 0.3 is 5.97 Å². The van der Waals surface area contributed by atoms with Crippen LogP contribution < -0.4 is 0 Å². The van der Waals surface area contributed by atoms with Crippen molar-refractivity contribution in [3.63, 3.8) is 0 Å². The van der Waals surface area contributed by atoms with Gasteiger partial charge < -0.3 is 5.11 Å². The van der Waals surface area contributed by atoms with Gasteiger partial charge in [-0.3, -0.25) is 0 Å². The lowest BCUT2D eigenvalue weighted by atomic mass is 10.2. The van der Waals surface area contributed by atoms with Crippen LogP contribution in [0.25, 0.3) is 0 Å². The van der Waals surface area contributed by atoms with Gasteiger partial charge in [0.25, 0.3) is 0 Å². The molecule has 2 nitrogen and oxygen atoms in total. The predicted molar refractivity (Wildman–Crippen MR) is 49.6 cm³/mol. The fourth-order valence-electron chi connectivity index (χ4n) is 0.851. The lowest BCUT2D eigenvalue weighted by Gasteiger charge is -2.05. The topological polar surface area (TPSA) is 37.3 Å². The molecule has 0 spiro atoms. The predicted octanol–water partition coefficient (Wildman–Crippen LogP) is 2.47. The Morgan fingerprint density at radius 1 is 1.54 bits per heavy atom. The Kier molecular flexibility index (Phi) is 3.31. The fourth-order valence-corrected chi connectivity index (χ4v) is 1.59. The Bertz CT molecular complexity index is 314. The maximum Gasteiger partial charge on any atom is 0.349 e. The minimum atomic E-state index is -1.89. The number of aliphatic carboxylic acids is 1. The van der Waals surface area contributed by atoms with Gasteiger partial charge in [0.2, 0.25) is 5.50 Å². The van der Waals surface area contributed by atoms with Crippen LogP contribution >= 0.6 is 11.8 Å². The molecule has 1 aromatic carbocycles. The molecule has 0 amide bonds. The molecule has 1 aromatic rings. The van der Waals surface area contributed by atoms with Crippen molar-refractivity contribution in [3.8, 4) is 0 Å². The van der Waals surface area contributed by atoms with Crippen LogP contribution in [0.1, 0.15) is 5.56 Å². The Balaban J connectivity index is 2.74. The van der Waals surface area contributed by atoms with E-state index >= 15 is 0 Å². The molecule has 1 atom stereocenters. The highest BCUT2D eigenvalue weighted by molar-refractivity contribution is 8.00. The first kappa shape index (κ1) is 10.1. The minimum Gasteiger partial charge on any atom is -0.478 e. The van der Waals surface area contributed by atoms with E-state index in [0.717, 1.165) is 5.56 Å². The smallest absolute Gasteiger partial charge is 0.349 e.